The van der Waals surface area contributed by atoms with Crippen molar-refractivity contribution >= 4 is 17.6 Å². The van der Waals surface area contributed by atoms with Crippen LogP contribution in [-0.4, -0.2) is 16.2 Å². The topological polar surface area (TPSA) is 57.5 Å². The van der Waals surface area contributed by atoms with E-state index in [4.69, 9.17) is 21.8 Å². The van der Waals surface area contributed by atoms with Crippen molar-refractivity contribution in [2.75, 3.05) is 0 Å². The van der Waals surface area contributed by atoms with Crippen LogP contribution in [0.1, 0.15) is 31.9 Å². The Bertz CT molecular complexity index is 683. The van der Waals surface area contributed by atoms with Crippen molar-refractivity contribution in [3.63, 3.8) is 0 Å². The van der Waals surface area contributed by atoms with Crippen molar-refractivity contribution in [2.24, 2.45) is 17.3 Å². The van der Waals surface area contributed by atoms with E-state index in [1.807, 2.05) is 19.9 Å². The standard InChI is InChI=1S/C9H13ClO2.C8H6F4O/c1-5(10)4-6-7(8(11)12)9(6,2)3;1-3-5(9)7(11)4(2-13)8(12)6(3)10/h4,6-7H,1-3H3,(H,11,12);13H,2H2,1H3/b5-4-;/t6-,7-;/m1./s1. The van der Waals surface area contributed by atoms with Gasteiger partial charge in [-0.05, 0) is 25.2 Å². The van der Waals surface area contributed by atoms with Gasteiger partial charge in [0.15, 0.2) is 23.3 Å². The molecule has 8 heteroatoms. The molecule has 0 radical (unpaired) electrons. The van der Waals surface area contributed by atoms with Crippen molar-refractivity contribution in [1.29, 1.82) is 0 Å². The average Bonchev–Trinajstić information content (AvgIpc) is 3.04. The highest BCUT2D eigenvalue weighted by molar-refractivity contribution is 6.29. The lowest BCUT2D eigenvalue weighted by atomic mass is 10.1. The van der Waals surface area contributed by atoms with Crippen molar-refractivity contribution in [2.45, 2.75) is 34.3 Å². The monoisotopic (exact) mass is 382 g/mol. The molecule has 0 saturated heterocycles. The molecule has 1 saturated carbocycles. The third-order valence-corrected chi connectivity index (χ3v) is 4.44. The first-order chi connectivity index (χ1) is 11.4. The fourth-order valence-electron chi connectivity index (χ4n) is 2.63. The van der Waals surface area contributed by atoms with Gasteiger partial charge in [-0.25, -0.2) is 17.6 Å². The van der Waals surface area contributed by atoms with Crippen LogP contribution in [0.4, 0.5) is 17.6 Å². The van der Waals surface area contributed by atoms with Gasteiger partial charge in [0, 0.05) is 10.6 Å². The highest BCUT2D eigenvalue weighted by Gasteiger charge is 2.60. The van der Waals surface area contributed by atoms with Gasteiger partial charge in [-0.2, -0.15) is 0 Å². The summed E-state index contributed by atoms with van der Waals surface area (Å²) in [6, 6.07) is 0. The van der Waals surface area contributed by atoms with E-state index >= 15 is 0 Å². The number of halogens is 5. The number of hydrogen-bond acceptors (Lipinski definition) is 2. The van der Waals surface area contributed by atoms with Gasteiger partial charge in [-0.1, -0.05) is 31.5 Å². The maximum atomic E-state index is 12.8. The molecule has 1 aliphatic carbocycles. The zero-order chi connectivity index (χ0) is 19.7. The molecule has 0 unspecified atom stereocenters. The Morgan fingerprint density at radius 3 is 1.88 bits per heavy atom. The van der Waals surface area contributed by atoms with Crippen LogP contribution in [0.2, 0.25) is 0 Å². The quantitative estimate of drug-likeness (QED) is 0.596. The van der Waals surface area contributed by atoms with Crippen LogP contribution in [0.5, 0.6) is 0 Å². The Labute approximate surface area is 147 Å². The van der Waals surface area contributed by atoms with Gasteiger partial charge in [-0.3, -0.25) is 4.79 Å². The van der Waals surface area contributed by atoms with Crippen molar-refractivity contribution in [1.82, 2.24) is 0 Å². The van der Waals surface area contributed by atoms with E-state index in [2.05, 4.69) is 0 Å². The summed E-state index contributed by atoms with van der Waals surface area (Å²) in [6.45, 7) is 5.51. The minimum Gasteiger partial charge on any atom is -0.481 e. The molecule has 1 fully saturated rings. The number of hydrogen-bond donors (Lipinski definition) is 2. The molecular formula is C17H19ClF4O3. The fourth-order valence-corrected chi connectivity index (χ4v) is 2.77. The van der Waals surface area contributed by atoms with Crippen LogP contribution >= 0.6 is 11.6 Å². The number of allylic oxidation sites excluding steroid dienone is 2. The number of aliphatic carboxylic acids is 1. The first-order valence-corrected chi connectivity index (χ1v) is 7.74. The Kier molecular flexibility index (Phi) is 6.64. The first kappa shape index (κ1) is 21.4. The average molecular weight is 383 g/mol. The number of benzene rings is 1. The van der Waals surface area contributed by atoms with Crippen molar-refractivity contribution in [3.8, 4) is 0 Å². The molecule has 0 heterocycles. The smallest absolute Gasteiger partial charge is 0.307 e. The molecule has 1 aromatic carbocycles. The molecule has 25 heavy (non-hydrogen) atoms. The number of carbonyl (C=O) groups is 1. The summed E-state index contributed by atoms with van der Waals surface area (Å²) in [5.41, 5.74) is -1.84. The number of rotatable bonds is 3. The van der Waals surface area contributed by atoms with Gasteiger partial charge >= 0.3 is 5.97 Å². The number of carboxylic acid groups (broad SMARTS) is 1. The van der Waals surface area contributed by atoms with Crippen LogP contribution in [-0.2, 0) is 11.4 Å². The van der Waals surface area contributed by atoms with E-state index in [0.29, 0.717) is 5.03 Å². The van der Waals surface area contributed by atoms with E-state index in [9.17, 15) is 22.4 Å². The molecule has 1 aliphatic rings. The second kappa shape index (κ2) is 7.74. The van der Waals surface area contributed by atoms with E-state index in [-0.39, 0.29) is 17.3 Å². The Morgan fingerprint density at radius 2 is 1.60 bits per heavy atom. The predicted molar refractivity (Wildman–Crippen MR) is 84.9 cm³/mol. The molecule has 0 bridgehead atoms. The van der Waals surface area contributed by atoms with E-state index in [1.54, 1.807) is 6.92 Å². The van der Waals surface area contributed by atoms with Gasteiger partial charge in [0.25, 0.3) is 0 Å². The lowest BCUT2D eigenvalue weighted by Gasteiger charge is -2.06. The minimum atomic E-state index is -1.54. The molecule has 2 atom stereocenters. The van der Waals surface area contributed by atoms with E-state index in [1.165, 1.54) is 0 Å². The van der Waals surface area contributed by atoms with Gasteiger partial charge < -0.3 is 10.2 Å². The van der Waals surface area contributed by atoms with Gasteiger partial charge in [-0.15, -0.1) is 0 Å². The summed E-state index contributed by atoms with van der Waals surface area (Å²) in [7, 11) is 0. The largest absolute Gasteiger partial charge is 0.481 e. The Balaban J connectivity index is 0.000000251. The highest BCUT2D eigenvalue weighted by atomic mass is 35.5. The summed E-state index contributed by atoms with van der Waals surface area (Å²) in [6.07, 6.45) is 1.83. The first-order valence-electron chi connectivity index (χ1n) is 7.36. The summed E-state index contributed by atoms with van der Waals surface area (Å²) in [5, 5.41) is 17.9. The van der Waals surface area contributed by atoms with E-state index in [0.717, 1.165) is 6.92 Å². The summed E-state index contributed by atoms with van der Waals surface area (Å²) >= 11 is 5.68. The molecule has 2 N–H and O–H groups in total. The Morgan fingerprint density at radius 1 is 1.16 bits per heavy atom. The third kappa shape index (κ3) is 4.33. The summed E-state index contributed by atoms with van der Waals surface area (Å²) < 4.78 is 51.0. The molecule has 0 aliphatic heterocycles. The van der Waals surface area contributed by atoms with Crippen molar-refractivity contribution in [3.05, 3.63) is 45.5 Å². The number of carboxylic acids is 1. The summed E-state index contributed by atoms with van der Waals surface area (Å²) in [4.78, 5) is 10.7. The van der Waals surface area contributed by atoms with E-state index < -0.39 is 47.0 Å². The SMILES string of the molecule is C/C(Cl)=C/[C@@H]1[C@H](C(=O)O)C1(C)C.Cc1c(F)c(F)c(CO)c(F)c1F. The lowest BCUT2D eigenvalue weighted by molar-refractivity contribution is -0.139. The van der Waals surface area contributed by atoms with Crippen LogP contribution in [0, 0.1) is 47.4 Å². The molecule has 2 rings (SSSR count). The molecule has 0 spiro atoms. The molecule has 1 aromatic rings. The molecule has 3 nitrogen and oxygen atoms in total. The maximum Gasteiger partial charge on any atom is 0.307 e. The van der Waals surface area contributed by atoms with Gasteiger partial charge in [0.05, 0.1) is 18.1 Å². The van der Waals surface area contributed by atoms with Crippen LogP contribution in [0.3, 0.4) is 0 Å². The second-order valence-electron chi connectivity index (χ2n) is 6.43. The van der Waals surface area contributed by atoms with Crippen molar-refractivity contribution < 1.29 is 32.6 Å². The maximum absolute atomic E-state index is 12.8. The molecule has 0 aromatic heterocycles. The van der Waals surface area contributed by atoms with Gasteiger partial charge in [0.1, 0.15) is 0 Å². The zero-order valence-corrected chi connectivity index (χ0v) is 14.9. The minimum absolute atomic E-state index is 0.104. The molecule has 140 valence electrons. The fraction of sp³-hybridized carbons (Fsp3) is 0.471. The van der Waals surface area contributed by atoms with Crippen LogP contribution in [0.25, 0.3) is 0 Å². The second-order valence-corrected chi connectivity index (χ2v) is 7.03. The normalized spacial score (nSPS) is 21.4. The highest BCUT2D eigenvalue weighted by Crippen LogP contribution is 2.59. The third-order valence-electron chi connectivity index (χ3n) is 4.32. The molecular weight excluding hydrogens is 364 g/mol. The molecule has 0 amide bonds. The van der Waals surface area contributed by atoms with Crippen LogP contribution < -0.4 is 0 Å². The number of aliphatic hydroxyl groups is 1. The van der Waals surface area contributed by atoms with Crippen LogP contribution in [0.15, 0.2) is 11.1 Å². The van der Waals surface area contributed by atoms with Gasteiger partial charge in [0.2, 0.25) is 0 Å². The summed E-state index contributed by atoms with van der Waals surface area (Å²) in [5.74, 6) is -6.90. The predicted octanol–water partition coefficient (Wildman–Crippen LogP) is 4.53. The number of aliphatic hydroxyl groups excluding tert-OH is 1. The zero-order valence-electron chi connectivity index (χ0n) is 14.1. The Hall–Kier alpha value is -1.60. The lowest BCUT2D eigenvalue weighted by Crippen LogP contribution is -2.05.